The summed E-state index contributed by atoms with van der Waals surface area (Å²) in [4.78, 5) is 17.3. The average Bonchev–Trinajstić information content (AvgIpc) is 2.83. The second-order valence-electron chi connectivity index (χ2n) is 8.91. The van der Waals surface area contributed by atoms with Crippen LogP contribution in [0.3, 0.4) is 0 Å². The minimum atomic E-state index is -3.86. The number of hydrogen-bond acceptors (Lipinski definition) is 5. The number of carbonyl (C=O) groups is 1. The van der Waals surface area contributed by atoms with E-state index in [1.807, 2.05) is 44.2 Å². The van der Waals surface area contributed by atoms with E-state index < -0.39 is 10.0 Å². The lowest BCUT2D eigenvalue weighted by atomic mass is 10.1. The molecular weight excluding hydrogens is 462 g/mol. The highest BCUT2D eigenvalue weighted by Crippen LogP contribution is 2.29. The van der Waals surface area contributed by atoms with E-state index >= 15 is 0 Å². The number of carbonyl (C=O) groups excluding carboxylic acids is 1. The standard InChI is InChI=1S/C27H31N3O4S/c1-19-15-20(2)17-23(16-19)28-35(32,33)26-18-22(10-9-21(26)3)27(31)30-13-11-29(12-14-30)24-7-5-6-8-25(24)34-4/h5-10,15-18,28H,11-14H2,1-4H3. The minimum Gasteiger partial charge on any atom is -0.495 e. The zero-order chi connectivity index (χ0) is 25.2. The number of benzene rings is 3. The average molecular weight is 494 g/mol. The lowest BCUT2D eigenvalue weighted by Crippen LogP contribution is -2.48. The number of anilines is 2. The molecule has 8 heteroatoms. The van der Waals surface area contributed by atoms with Crippen LogP contribution < -0.4 is 14.4 Å². The van der Waals surface area contributed by atoms with E-state index in [-0.39, 0.29) is 10.8 Å². The van der Waals surface area contributed by atoms with Crippen molar-refractivity contribution < 1.29 is 17.9 Å². The first-order valence-electron chi connectivity index (χ1n) is 11.6. The Morgan fingerprint density at radius 3 is 2.20 bits per heavy atom. The van der Waals surface area contributed by atoms with E-state index in [0.717, 1.165) is 22.6 Å². The molecule has 0 aliphatic carbocycles. The SMILES string of the molecule is COc1ccccc1N1CCN(C(=O)c2ccc(C)c(S(=O)(=O)Nc3cc(C)cc(C)c3)c2)CC1. The fourth-order valence-electron chi connectivity index (χ4n) is 4.49. The van der Waals surface area contributed by atoms with Gasteiger partial charge >= 0.3 is 0 Å². The van der Waals surface area contributed by atoms with Gasteiger partial charge < -0.3 is 14.5 Å². The van der Waals surface area contributed by atoms with Crippen LogP contribution in [0.25, 0.3) is 0 Å². The van der Waals surface area contributed by atoms with Gasteiger partial charge in [0.05, 0.1) is 17.7 Å². The summed E-state index contributed by atoms with van der Waals surface area (Å²) in [6.07, 6.45) is 0. The summed E-state index contributed by atoms with van der Waals surface area (Å²) in [5.41, 5.74) is 4.39. The molecule has 4 rings (SSSR count). The molecule has 0 saturated carbocycles. The Kier molecular flexibility index (Phi) is 7.03. The van der Waals surface area contributed by atoms with Crippen molar-refractivity contribution in [1.29, 1.82) is 0 Å². The Morgan fingerprint density at radius 2 is 1.54 bits per heavy atom. The molecule has 1 saturated heterocycles. The van der Waals surface area contributed by atoms with Gasteiger partial charge in [-0.15, -0.1) is 0 Å². The Hall–Kier alpha value is -3.52. The quantitative estimate of drug-likeness (QED) is 0.551. The molecule has 0 bridgehead atoms. The van der Waals surface area contributed by atoms with Crippen LogP contribution in [0, 0.1) is 20.8 Å². The van der Waals surface area contributed by atoms with E-state index in [9.17, 15) is 13.2 Å². The van der Waals surface area contributed by atoms with Crippen molar-refractivity contribution in [2.45, 2.75) is 25.7 Å². The maximum absolute atomic E-state index is 13.3. The number of aryl methyl sites for hydroxylation is 3. The summed E-state index contributed by atoms with van der Waals surface area (Å²) in [5.74, 6) is 0.629. The molecule has 184 valence electrons. The molecule has 0 unspecified atom stereocenters. The summed E-state index contributed by atoms with van der Waals surface area (Å²) in [5, 5.41) is 0. The van der Waals surface area contributed by atoms with Crippen LogP contribution in [-0.4, -0.2) is 52.5 Å². The van der Waals surface area contributed by atoms with Crippen LogP contribution in [0.15, 0.2) is 65.6 Å². The van der Waals surface area contributed by atoms with Crippen LogP contribution >= 0.6 is 0 Å². The molecule has 3 aromatic rings. The van der Waals surface area contributed by atoms with Gasteiger partial charge in [-0.05, 0) is 73.9 Å². The maximum atomic E-state index is 13.3. The van der Waals surface area contributed by atoms with Gasteiger partial charge in [-0.1, -0.05) is 24.3 Å². The number of piperazine rings is 1. The number of nitrogens with zero attached hydrogens (tertiary/aromatic N) is 2. The molecule has 1 aliphatic rings. The highest BCUT2D eigenvalue weighted by atomic mass is 32.2. The molecular formula is C27H31N3O4S. The molecule has 1 aliphatic heterocycles. The molecule has 0 atom stereocenters. The van der Waals surface area contributed by atoms with E-state index in [0.29, 0.717) is 43.0 Å². The normalized spacial score (nSPS) is 14.1. The zero-order valence-corrected chi connectivity index (χ0v) is 21.4. The number of ether oxygens (including phenoxy) is 1. The van der Waals surface area contributed by atoms with Crippen LogP contribution in [0.2, 0.25) is 0 Å². The second kappa shape index (κ2) is 10.00. The number of rotatable bonds is 6. The monoisotopic (exact) mass is 493 g/mol. The van der Waals surface area contributed by atoms with Gasteiger partial charge in [0.15, 0.2) is 0 Å². The number of sulfonamides is 1. The molecule has 1 fully saturated rings. The van der Waals surface area contributed by atoms with E-state index in [4.69, 9.17) is 4.74 Å². The number of nitrogens with one attached hydrogen (secondary N) is 1. The smallest absolute Gasteiger partial charge is 0.262 e. The van der Waals surface area contributed by atoms with Crippen molar-refractivity contribution in [3.05, 3.63) is 82.9 Å². The van der Waals surface area contributed by atoms with Crippen molar-refractivity contribution in [2.75, 3.05) is 42.9 Å². The van der Waals surface area contributed by atoms with Crippen molar-refractivity contribution in [3.63, 3.8) is 0 Å². The molecule has 35 heavy (non-hydrogen) atoms. The lowest BCUT2D eigenvalue weighted by molar-refractivity contribution is 0.0746. The van der Waals surface area contributed by atoms with E-state index in [1.54, 1.807) is 43.2 Å². The Balaban J connectivity index is 1.51. The van der Waals surface area contributed by atoms with Crippen molar-refractivity contribution in [2.24, 2.45) is 0 Å². The van der Waals surface area contributed by atoms with Crippen LogP contribution in [0.1, 0.15) is 27.0 Å². The topological polar surface area (TPSA) is 79.0 Å². The van der Waals surface area contributed by atoms with Gasteiger partial charge in [0, 0.05) is 37.4 Å². The van der Waals surface area contributed by atoms with Crippen molar-refractivity contribution >= 4 is 27.3 Å². The predicted molar refractivity (Wildman–Crippen MR) is 139 cm³/mol. The molecule has 3 aromatic carbocycles. The van der Waals surface area contributed by atoms with Gasteiger partial charge in [0.25, 0.3) is 15.9 Å². The molecule has 1 heterocycles. The van der Waals surface area contributed by atoms with Gasteiger partial charge in [0.1, 0.15) is 5.75 Å². The van der Waals surface area contributed by atoms with Crippen molar-refractivity contribution in [1.82, 2.24) is 4.90 Å². The molecule has 0 radical (unpaired) electrons. The summed E-state index contributed by atoms with van der Waals surface area (Å²) >= 11 is 0. The number of hydrogen-bond donors (Lipinski definition) is 1. The zero-order valence-electron chi connectivity index (χ0n) is 20.5. The largest absolute Gasteiger partial charge is 0.495 e. The molecule has 0 spiro atoms. The van der Waals surface area contributed by atoms with Crippen LogP contribution in [0.5, 0.6) is 5.75 Å². The third kappa shape index (κ3) is 5.43. The molecule has 1 amide bonds. The van der Waals surface area contributed by atoms with E-state index in [2.05, 4.69) is 9.62 Å². The highest BCUT2D eigenvalue weighted by molar-refractivity contribution is 7.92. The molecule has 7 nitrogen and oxygen atoms in total. The van der Waals surface area contributed by atoms with Crippen molar-refractivity contribution in [3.8, 4) is 5.75 Å². The third-order valence-electron chi connectivity index (χ3n) is 6.19. The summed E-state index contributed by atoms with van der Waals surface area (Å²) in [6, 6.07) is 18.3. The lowest BCUT2D eigenvalue weighted by Gasteiger charge is -2.36. The Labute approximate surface area is 207 Å². The van der Waals surface area contributed by atoms with Gasteiger partial charge in [0.2, 0.25) is 0 Å². The minimum absolute atomic E-state index is 0.107. The first-order chi connectivity index (χ1) is 16.7. The van der Waals surface area contributed by atoms with Crippen LogP contribution in [0.4, 0.5) is 11.4 Å². The van der Waals surface area contributed by atoms with E-state index in [1.165, 1.54) is 6.07 Å². The Morgan fingerprint density at radius 1 is 0.886 bits per heavy atom. The first-order valence-corrected chi connectivity index (χ1v) is 13.1. The molecule has 1 N–H and O–H groups in total. The fraction of sp³-hybridized carbons (Fsp3) is 0.296. The van der Waals surface area contributed by atoms with Crippen LogP contribution in [-0.2, 0) is 10.0 Å². The summed E-state index contributed by atoms with van der Waals surface area (Å²) < 4.78 is 34.5. The number of amides is 1. The molecule has 0 aromatic heterocycles. The predicted octanol–water partition coefficient (Wildman–Crippen LogP) is 4.38. The second-order valence-corrected chi connectivity index (χ2v) is 10.6. The Bertz CT molecular complexity index is 1330. The van der Waals surface area contributed by atoms with Gasteiger partial charge in [-0.25, -0.2) is 8.42 Å². The first kappa shape index (κ1) is 24.6. The summed E-state index contributed by atoms with van der Waals surface area (Å²) in [6.45, 7) is 7.97. The number of methoxy groups -OCH3 is 1. The highest BCUT2D eigenvalue weighted by Gasteiger charge is 2.26. The fourth-order valence-corrected chi connectivity index (χ4v) is 5.80. The third-order valence-corrected chi connectivity index (χ3v) is 7.71. The van der Waals surface area contributed by atoms with Gasteiger partial charge in [-0.3, -0.25) is 9.52 Å². The summed E-state index contributed by atoms with van der Waals surface area (Å²) in [7, 11) is -2.21. The van der Waals surface area contributed by atoms with Gasteiger partial charge in [-0.2, -0.15) is 0 Å². The number of para-hydroxylation sites is 2. The maximum Gasteiger partial charge on any atom is 0.262 e.